The number of carbonyl (C=O) groups excluding carboxylic acids is 1. The van der Waals surface area contributed by atoms with Crippen molar-refractivity contribution in [3.63, 3.8) is 0 Å². The van der Waals surface area contributed by atoms with Crippen LogP contribution >= 0.6 is 0 Å². The van der Waals surface area contributed by atoms with E-state index in [9.17, 15) is 4.79 Å². The van der Waals surface area contributed by atoms with Crippen LogP contribution in [-0.4, -0.2) is 43.6 Å². The van der Waals surface area contributed by atoms with Crippen molar-refractivity contribution in [2.75, 3.05) is 21.3 Å². The Hall–Kier alpha value is -4.33. The molecule has 1 aromatic heterocycles. The number of hydrazone groups is 1. The van der Waals surface area contributed by atoms with Crippen LogP contribution in [0.3, 0.4) is 0 Å². The smallest absolute Gasteiger partial charge is 0.289 e. The first-order valence-corrected chi connectivity index (χ1v) is 10.9. The van der Waals surface area contributed by atoms with Gasteiger partial charge < -0.3 is 14.2 Å². The number of hydrogen-bond donors (Lipinski definition) is 2. The highest BCUT2D eigenvalue weighted by molar-refractivity contribution is 6.02. The van der Waals surface area contributed by atoms with Crippen LogP contribution in [0, 0.1) is 0 Å². The van der Waals surface area contributed by atoms with E-state index in [1.165, 1.54) is 36.9 Å². The highest BCUT2D eigenvalue weighted by Crippen LogP contribution is 2.36. The van der Waals surface area contributed by atoms with Gasteiger partial charge in [0.2, 0.25) is 0 Å². The van der Waals surface area contributed by atoms with Crippen molar-refractivity contribution in [1.82, 2.24) is 15.6 Å². The van der Waals surface area contributed by atoms with Crippen molar-refractivity contribution in [2.24, 2.45) is 5.10 Å². The summed E-state index contributed by atoms with van der Waals surface area (Å²) in [6, 6.07) is 15.8. The van der Waals surface area contributed by atoms with E-state index in [0.717, 1.165) is 23.8 Å². The first kappa shape index (κ1) is 21.5. The van der Waals surface area contributed by atoms with Gasteiger partial charge in [-0.25, -0.2) is 5.43 Å². The van der Waals surface area contributed by atoms with Crippen molar-refractivity contribution in [1.29, 1.82) is 0 Å². The Balaban J connectivity index is 1.37. The van der Waals surface area contributed by atoms with E-state index in [2.05, 4.69) is 51.1 Å². The van der Waals surface area contributed by atoms with Gasteiger partial charge >= 0.3 is 0 Å². The summed E-state index contributed by atoms with van der Waals surface area (Å²) in [5.41, 5.74) is 7.84. The summed E-state index contributed by atoms with van der Waals surface area (Å²) in [7, 11) is 4.64. The molecule has 1 aliphatic rings. The van der Waals surface area contributed by atoms with E-state index in [1.54, 1.807) is 25.3 Å². The van der Waals surface area contributed by atoms with Crippen molar-refractivity contribution in [3.8, 4) is 28.5 Å². The zero-order valence-corrected chi connectivity index (χ0v) is 19.1. The van der Waals surface area contributed by atoms with Gasteiger partial charge in [-0.3, -0.25) is 9.89 Å². The van der Waals surface area contributed by atoms with Gasteiger partial charge in [-0.2, -0.15) is 10.2 Å². The minimum Gasteiger partial charge on any atom is -0.496 e. The number of aromatic nitrogens is 2. The Labute approximate surface area is 196 Å². The quantitative estimate of drug-likeness (QED) is 0.322. The third-order valence-corrected chi connectivity index (χ3v) is 6.09. The van der Waals surface area contributed by atoms with Crippen LogP contribution in [0.4, 0.5) is 0 Å². The van der Waals surface area contributed by atoms with Crippen LogP contribution in [0.2, 0.25) is 0 Å². The number of aromatic amines is 1. The number of rotatable bonds is 7. The summed E-state index contributed by atoms with van der Waals surface area (Å²) in [5.74, 6) is 1.19. The SMILES string of the molecule is COc1cc(OC)c(/C=N\NC(=O)c2cc(-c3ccc4c5c(cccc35)CC4)n[nH]2)c(OC)c1. The third-order valence-electron chi connectivity index (χ3n) is 6.09. The molecule has 1 amide bonds. The highest BCUT2D eigenvalue weighted by atomic mass is 16.5. The molecule has 0 aliphatic heterocycles. The molecule has 0 unspecified atom stereocenters. The van der Waals surface area contributed by atoms with E-state index < -0.39 is 5.91 Å². The average molecular weight is 457 g/mol. The standard InChI is InChI=1S/C26H24N4O4/c1-32-17-11-23(33-2)20(24(12-17)34-3)14-27-30-26(31)22-13-21(28-29-22)18-10-9-16-8-7-15-5-4-6-19(18)25(15)16/h4-6,9-14H,7-8H2,1-3H3,(H,28,29)(H,30,31)/b27-14-. The number of methoxy groups -OCH3 is 3. The van der Waals surface area contributed by atoms with Crippen molar-refractivity contribution < 1.29 is 19.0 Å². The number of nitrogens with one attached hydrogen (secondary N) is 2. The predicted octanol–water partition coefficient (Wildman–Crippen LogP) is 4.12. The average Bonchev–Trinajstić information content (AvgIpc) is 3.53. The number of carbonyl (C=O) groups is 1. The molecule has 0 bridgehead atoms. The fourth-order valence-corrected chi connectivity index (χ4v) is 4.42. The maximum atomic E-state index is 12.7. The Bertz CT molecular complexity index is 1390. The van der Waals surface area contributed by atoms with E-state index in [1.807, 2.05) is 0 Å². The monoisotopic (exact) mass is 456 g/mol. The van der Waals surface area contributed by atoms with Crippen LogP contribution in [0.1, 0.15) is 27.2 Å². The molecule has 1 aliphatic carbocycles. The summed E-state index contributed by atoms with van der Waals surface area (Å²) < 4.78 is 16.1. The predicted molar refractivity (Wildman–Crippen MR) is 130 cm³/mol. The maximum Gasteiger partial charge on any atom is 0.289 e. The van der Waals surface area contributed by atoms with Crippen LogP contribution in [0.5, 0.6) is 17.2 Å². The van der Waals surface area contributed by atoms with Gasteiger partial charge in [0.05, 0.1) is 38.8 Å². The Morgan fingerprint density at radius 1 is 1.00 bits per heavy atom. The van der Waals surface area contributed by atoms with Crippen molar-refractivity contribution >= 4 is 22.9 Å². The largest absolute Gasteiger partial charge is 0.496 e. The molecule has 0 radical (unpaired) electrons. The topological polar surface area (TPSA) is 97.8 Å². The van der Waals surface area contributed by atoms with Gasteiger partial charge in [-0.05, 0) is 40.8 Å². The molecule has 1 heterocycles. The minimum absolute atomic E-state index is 0.309. The first-order chi connectivity index (χ1) is 16.6. The molecule has 0 fully saturated rings. The van der Waals surface area contributed by atoms with Gasteiger partial charge in [0, 0.05) is 17.7 Å². The van der Waals surface area contributed by atoms with Gasteiger partial charge in [-0.1, -0.05) is 30.3 Å². The molecule has 0 spiro atoms. The van der Waals surface area contributed by atoms with Crippen LogP contribution < -0.4 is 19.6 Å². The molecule has 8 nitrogen and oxygen atoms in total. The Kier molecular flexibility index (Phi) is 5.63. The maximum absolute atomic E-state index is 12.7. The molecule has 5 rings (SSSR count). The van der Waals surface area contributed by atoms with Crippen molar-refractivity contribution in [2.45, 2.75) is 12.8 Å². The summed E-state index contributed by atoms with van der Waals surface area (Å²) in [6.45, 7) is 0. The molecular formula is C26H24N4O4. The fourth-order valence-electron chi connectivity index (χ4n) is 4.42. The molecule has 172 valence electrons. The number of amides is 1. The molecular weight excluding hydrogens is 432 g/mol. The normalized spacial score (nSPS) is 12.3. The van der Waals surface area contributed by atoms with Crippen LogP contribution in [-0.2, 0) is 12.8 Å². The van der Waals surface area contributed by atoms with E-state index in [4.69, 9.17) is 14.2 Å². The summed E-state index contributed by atoms with van der Waals surface area (Å²) in [4.78, 5) is 12.7. The van der Waals surface area contributed by atoms with Crippen molar-refractivity contribution in [3.05, 3.63) is 70.9 Å². The lowest BCUT2D eigenvalue weighted by molar-refractivity contribution is 0.0950. The number of ether oxygens (including phenoxy) is 3. The first-order valence-electron chi connectivity index (χ1n) is 10.9. The van der Waals surface area contributed by atoms with Gasteiger partial charge in [0.1, 0.15) is 22.9 Å². The van der Waals surface area contributed by atoms with E-state index in [0.29, 0.717) is 34.2 Å². The third kappa shape index (κ3) is 3.73. The second-order valence-electron chi connectivity index (χ2n) is 7.92. The second kappa shape index (κ2) is 8.90. The number of H-pyrrole nitrogens is 1. The second-order valence-corrected chi connectivity index (χ2v) is 7.92. The van der Waals surface area contributed by atoms with E-state index in [-0.39, 0.29) is 0 Å². The Morgan fingerprint density at radius 2 is 1.74 bits per heavy atom. The highest BCUT2D eigenvalue weighted by Gasteiger charge is 2.18. The zero-order chi connectivity index (χ0) is 23.7. The lowest BCUT2D eigenvalue weighted by atomic mass is 9.98. The molecule has 3 aromatic carbocycles. The number of benzene rings is 3. The van der Waals surface area contributed by atoms with E-state index >= 15 is 0 Å². The molecule has 4 aromatic rings. The number of nitrogens with zero attached hydrogens (tertiary/aromatic N) is 2. The number of hydrogen-bond acceptors (Lipinski definition) is 6. The molecule has 2 N–H and O–H groups in total. The zero-order valence-electron chi connectivity index (χ0n) is 19.1. The number of aryl methyl sites for hydroxylation is 2. The minimum atomic E-state index is -0.410. The lowest BCUT2D eigenvalue weighted by Gasteiger charge is -2.12. The Morgan fingerprint density at radius 3 is 2.44 bits per heavy atom. The van der Waals surface area contributed by atoms with Gasteiger partial charge in [0.15, 0.2) is 0 Å². The summed E-state index contributed by atoms with van der Waals surface area (Å²) in [5, 5.41) is 13.7. The molecule has 0 saturated heterocycles. The molecule has 34 heavy (non-hydrogen) atoms. The van der Waals surface area contributed by atoms with Crippen LogP contribution in [0.15, 0.2) is 53.6 Å². The lowest BCUT2D eigenvalue weighted by Crippen LogP contribution is -2.18. The molecule has 0 saturated carbocycles. The van der Waals surface area contributed by atoms with Gasteiger partial charge in [0.25, 0.3) is 5.91 Å². The summed E-state index contributed by atoms with van der Waals surface area (Å²) in [6.07, 6.45) is 3.59. The molecule has 0 atom stereocenters. The van der Waals surface area contributed by atoms with Crippen LogP contribution in [0.25, 0.3) is 22.0 Å². The van der Waals surface area contributed by atoms with Gasteiger partial charge in [-0.15, -0.1) is 0 Å². The molecule has 8 heteroatoms. The summed E-state index contributed by atoms with van der Waals surface area (Å²) >= 11 is 0. The fraction of sp³-hybridized carbons (Fsp3) is 0.192.